The first-order chi connectivity index (χ1) is 14.1. The smallest absolute Gasteiger partial charge is 0.303 e. The highest BCUT2D eigenvalue weighted by Crippen LogP contribution is 2.70. The molecule has 4 fully saturated rings. The molecule has 0 spiro atoms. The maximum absolute atomic E-state index is 11.2. The second-order valence-electron chi connectivity index (χ2n) is 11.6. The summed E-state index contributed by atoms with van der Waals surface area (Å²) in [6.45, 7) is 9.05. The van der Waals surface area contributed by atoms with Gasteiger partial charge in [-0.05, 0) is 99.2 Å². The van der Waals surface area contributed by atoms with Gasteiger partial charge in [0.2, 0.25) is 0 Å². The summed E-state index contributed by atoms with van der Waals surface area (Å²) in [6.07, 6.45) is 11.5. The minimum absolute atomic E-state index is 0.253. The fourth-order valence-electron chi connectivity index (χ4n) is 9.10. The van der Waals surface area contributed by atoms with Crippen LogP contribution >= 0.6 is 0 Å². The molecule has 0 amide bonds. The van der Waals surface area contributed by atoms with Crippen LogP contribution in [0.2, 0.25) is 0 Å². The molecule has 0 aromatic rings. The molecule has 30 heavy (non-hydrogen) atoms. The predicted octanol–water partition coefficient (Wildman–Crippen LogP) is 5.38. The number of rotatable bonds is 4. The molecule has 0 radical (unpaired) electrons. The Hall–Kier alpha value is -0.870. The molecule has 8 atom stereocenters. The quantitative estimate of drug-likeness (QED) is 0.423. The highest BCUT2D eigenvalue weighted by Gasteiger charge is 2.66. The Bertz CT molecular complexity index is 712. The van der Waals surface area contributed by atoms with E-state index in [0.29, 0.717) is 41.9 Å². The number of aliphatic carboxylic acids is 1. The van der Waals surface area contributed by atoms with Gasteiger partial charge in [-0.25, -0.2) is 0 Å². The second-order valence-corrected chi connectivity index (χ2v) is 11.6. The van der Waals surface area contributed by atoms with Crippen LogP contribution in [0.5, 0.6) is 0 Å². The first-order valence-electron chi connectivity index (χ1n) is 12.4. The first kappa shape index (κ1) is 22.3. The van der Waals surface area contributed by atoms with Crippen LogP contribution in [-0.2, 0) is 4.79 Å². The number of carbonyl (C=O) groups is 1. The van der Waals surface area contributed by atoms with Gasteiger partial charge in [0.05, 0.1) is 0 Å². The summed E-state index contributed by atoms with van der Waals surface area (Å²) in [6, 6.07) is 0. The van der Waals surface area contributed by atoms with Crippen molar-refractivity contribution in [1.82, 2.24) is 0 Å². The highest BCUT2D eigenvalue weighted by atomic mass is 16.5. The molecule has 0 saturated heterocycles. The van der Waals surface area contributed by atoms with Crippen LogP contribution in [0.4, 0.5) is 0 Å². The molecule has 4 nitrogen and oxygen atoms in total. The molecule has 170 valence electrons. The number of fused-ring (bicyclic) bond motifs is 5. The average molecular weight is 419 g/mol. The van der Waals surface area contributed by atoms with Crippen molar-refractivity contribution in [3.8, 4) is 0 Å². The van der Waals surface area contributed by atoms with Gasteiger partial charge in [0.1, 0.15) is 0 Å². The van der Waals surface area contributed by atoms with E-state index >= 15 is 0 Å². The number of hydrogen-bond acceptors (Lipinski definition) is 3. The van der Waals surface area contributed by atoms with E-state index in [-0.39, 0.29) is 11.8 Å². The van der Waals surface area contributed by atoms with E-state index in [2.05, 4.69) is 33.8 Å². The molecule has 0 bridgehead atoms. The van der Waals surface area contributed by atoms with E-state index in [1.807, 2.05) is 0 Å². The topological polar surface area (TPSA) is 77.8 Å². The zero-order valence-corrected chi connectivity index (χ0v) is 19.4. The Kier molecular flexibility index (Phi) is 5.67. The third kappa shape index (κ3) is 3.11. The van der Waals surface area contributed by atoms with Crippen molar-refractivity contribution in [2.24, 2.45) is 46.3 Å². The van der Waals surface area contributed by atoms with Gasteiger partial charge >= 0.3 is 5.97 Å². The lowest BCUT2D eigenvalue weighted by atomic mass is 9.42. The molecule has 4 aliphatic carbocycles. The monoisotopic (exact) mass is 418 g/mol. The molecular formula is C26H42O4. The zero-order chi connectivity index (χ0) is 21.9. The van der Waals surface area contributed by atoms with Crippen LogP contribution in [0.3, 0.4) is 0 Å². The molecule has 4 rings (SSSR count). The summed E-state index contributed by atoms with van der Waals surface area (Å²) >= 11 is 0. The van der Waals surface area contributed by atoms with E-state index < -0.39 is 17.2 Å². The fraction of sp³-hybridized carbons (Fsp3) is 0.885. The normalized spacial score (nSPS) is 47.3. The zero-order valence-electron chi connectivity index (χ0n) is 19.4. The molecule has 0 aromatic heterocycles. The molecule has 4 aliphatic rings. The average Bonchev–Trinajstić information content (AvgIpc) is 3.04. The van der Waals surface area contributed by atoms with Crippen molar-refractivity contribution in [3.05, 3.63) is 11.6 Å². The third-order valence-electron chi connectivity index (χ3n) is 10.7. The molecule has 3 N–H and O–H groups in total. The molecule has 4 heteroatoms. The van der Waals surface area contributed by atoms with Crippen LogP contribution in [0, 0.1) is 46.3 Å². The maximum atomic E-state index is 11.2. The van der Waals surface area contributed by atoms with Gasteiger partial charge in [0.25, 0.3) is 0 Å². The van der Waals surface area contributed by atoms with Gasteiger partial charge in [-0.1, -0.05) is 32.4 Å². The standard InChI is InChI=1S/C26H42O4/c1-5-17-15-18-21-10-9-19(16(2)8-11-23(27)28)24(21,3)14-12-22(18)25(4)20(17)7-6-13-26(25,29)30/h5,16,18-22,29-30H,6-15H2,1-4H3,(H,27,28)/b17-5+/t16-,18+,19-,20+,21+,22+,24-,25+/m1/s1. The summed E-state index contributed by atoms with van der Waals surface area (Å²) in [7, 11) is 0. The Labute approximate surface area is 182 Å². The molecule has 0 heterocycles. The molecule has 0 aliphatic heterocycles. The van der Waals surface area contributed by atoms with Crippen molar-refractivity contribution in [1.29, 1.82) is 0 Å². The lowest BCUT2D eigenvalue weighted by Crippen LogP contribution is -2.63. The van der Waals surface area contributed by atoms with Crippen molar-refractivity contribution >= 4 is 5.97 Å². The van der Waals surface area contributed by atoms with Crippen molar-refractivity contribution in [3.63, 3.8) is 0 Å². The minimum Gasteiger partial charge on any atom is -0.481 e. The Morgan fingerprint density at radius 2 is 1.87 bits per heavy atom. The Morgan fingerprint density at radius 3 is 2.53 bits per heavy atom. The van der Waals surface area contributed by atoms with Gasteiger partial charge in [0.15, 0.2) is 5.79 Å². The lowest BCUT2D eigenvalue weighted by Gasteiger charge is -2.64. The maximum Gasteiger partial charge on any atom is 0.303 e. The molecule has 4 saturated carbocycles. The van der Waals surface area contributed by atoms with E-state index in [1.54, 1.807) is 0 Å². The Morgan fingerprint density at radius 1 is 1.13 bits per heavy atom. The summed E-state index contributed by atoms with van der Waals surface area (Å²) in [5.74, 6) is 0.550. The number of carboxylic acid groups (broad SMARTS) is 1. The number of hydrogen-bond donors (Lipinski definition) is 3. The Balaban J connectivity index is 1.64. The predicted molar refractivity (Wildman–Crippen MR) is 118 cm³/mol. The van der Waals surface area contributed by atoms with Gasteiger partial charge in [-0.15, -0.1) is 0 Å². The number of aliphatic hydroxyl groups is 2. The second kappa shape index (κ2) is 7.62. The van der Waals surface area contributed by atoms with Gasteiger partial charge in [0, 0.05) is 18.3 Å². The van der Waals surface area contributed by atoms with Crippen LogP contribution in [0.1, 0.15) is 91.9 Å². The minimum atomic E-state index is -1.58. The van der Waals surface area contributed by atoms with Gasteiger partial charge < -0.3 is 15.3 Å². The molecular weight excluding hydrogens is 376 g/mol. The summed E-state index contributed by atoms with van der Waals surface area (Å²) < 4.78 is 0. The van der Waals surface area contributed by atoms with E-state index in [9.17, 15) is 15.0 Å². The third-order valence-corrected chi connectivity index (χ3v) is 10.7. The largest absolute Gasteiger partial charge is 0.481 e. The molecule has 0 aromatic carbocycles. The number of carboxylic acids is 1. The van der Waals surface area contributed by atoms with Crippen molar-refractivity contribution in [2.45, 2.75) is 97.7 Å². The highest BCUT2D eigenvalue weighted by molar-refractivity contribution is 5.66. The van der Waals surface area contributed by atoms with Crippen LogP contribution < -0.4 is 0 Å². The molecule has 0 unspecified atom stereocenters. The van der Waals surface area contributed by atoms with Crippen molar-refractivity contribution < 1.29 is 20.1 Å². The van der Waals surface area contributed by atoms with Gasteiger partial charge in [-0.2, -0.15) is 0 Å². The summed E-state index contributed by atoms with van der Waals surface area (Å²) in [5.41, 5.74) is 1.26. The fourth-order valence-corrected chi connectivity index (χ4v) is 9.10. The van der Waals surface area contributed by atoms with E-state index in [4.69, 9.17) is 5.11 Å². The van der Waals surface area contributed by atoms with Crippen LogP contribution in [-0.4, -0.2) is 27.1 Å². The summed E-state index contributed by atoms with van der Waals surface area (Å²) in [5, 5.41) is 31.6. The lowest BCUT2D eigenvalue weighted by molar-refractivity contribution is -0.305. The summed E-state index contributed by atoms with van der Waals surface area (Å²) in [4.78, 5) is 11.1. The number of allylic oxidation sites excluding steroid dienone is 2. The van der Waals surface area contributed by atoms with Crippen LogP contribution in [0.15, 0.2) is 11.6 Å². The van der Waals surface area contributed by atoms with Crippen molar-refractivity contribution in [2.75, 3.05) is 0 Å². The van der Waals surface area contributed by atoms with Crippen LogP contribution in [0.25, 0.3) is 0 Å². The first-order valence-corrected chi connectivity index (χ1v) is 12.4. The SMILES string of the molecule is C/C=C1\C[C@H]2[C@@H]3CC[C@H]([C@H](C)CCC(=O)O)[C@@]3(C)CC[C@@H]2[C@]2(C)[C@H]1CCCC2(O)O. The van der Waals surface area contributed by atoms with E-state index in [0.717, 1.165) is 38.5 Å². The van der Waals surface area contributed by atoms with Gasteiger partial charge in [-0.3, -0.25) is 4.79 Å². The van der Waals surface area contributed by atoms with E-state index in [1.165, 1.54) is 18.4 Å².